The van der Waals surface area contributed by atoms with Crippen LogP contribution in [-0.2, 0) is 10.0 Å². The number of ether oxygens (including phenoxy) is 2. The summed E-state index contributed by atoms with van der Waals surface area (Å²) in [6, 6.07) is 9.86. The van der Waals surface area contributed by atoms with Crippen molar-refractivity contribution in [2.45, 2.75) is 11.8 Å². The Morgan fingerprint density at radius 2 is 2.00 bits per heavy atom. The molecule has 0 spiro atoms. The lowest BCUT2D eigenvalue weighted by Crippen LogP contribution is -2.18. The molecule has 0 saturated heterocycles. The zero-order valence-corrected chi connectivity index (χ0v) is 16.6. The standard InChI is InChI=1S/C18H17BrN2O4S/c1-4-9-25-18-14(10-15(19)11-17(18)24-3)12-20-21-26(22,23)16-7-5-13(2)6-8-16/h1,5-8,10-12,21H,9H2,2-3H3/b20-12-. The molecule has 0 aliphatic heterocycles. The molecular weight excluding hydrogens is 420 g/mol. The van der Waals surface area contributed by atoms with Crippen molar-refractivity contribution in [3.05, 3.63) is 52.0 Å². The lowest BCUT2D eigenvalue weighted by molar-refractivity contribution is 0.330. The molecule has 0 unspecified atom stereocenters. The van der Waals surface area contributed by atoms with Crippen LogP contribution in [0.5, 0.6) is 11.5 Å². The predicted molar refractivity (Wildman–Crippen MR) is 104 cm³/mol. The number of terminal acetylenes is 1. The third-order valence-corrected chi connectivity index (χ3v) is 4.97. The van der Waals surface area contributed by atoms with Gasteiger partial charge in [0.25, 0.3) is 10.0 Å². The molecule has 0 heterocycles. The summed E-state index contributed by atoms with van der Waals surface area (Å²) in [5.74, 6) is 3.18. The largest absolute Gasteiger partial charge is 0.493 e. The van der Waals surface area contributed by atoms with Gasteiger partial charge in [-0.3, -0.25) is 0 Å². The summed E-state index contributed by atoms with van der Waals surface area (Å²) in [5.41, 5.74) is 1.46. The second kappa shape index (κ2) is 8.74. The van der Waals surface area contributed by atoms with Crippen molar-refractivity contribution in [2.75, 3.05) is 13.7 Å². The van der Waals surface area contributed by atoms with E-state index in [1.54, 1.807) is 24.3 Å². The molecule has 0 aliphatic carbocycles. The molecule has 136 valence electrons. The van der Waals surface area contributed by atoms with Gasteiger partial charge < -0.3 is 9.47 Å². The normalized spacial score (nSPS) is 11.2. The molecule has 0 radical (unpaired) electrons. The van der Waals surface area contributed by atoms with Gasteiger partial charge >= 0.3 is 0 Å². The van der Waals surface area contributed by atoms with Crippen LogP contribution >= 0.6 is 15.9 Å². The zero-order chi connectivity index (χ0) is 19.2. The van der Waals surface area contributed by atoms with E-state index < -0.39 is 10.0 Å². The predicted octanol–water partition coefficient (Wildman–Crippen LogP) is 3.09. The molecule has 2 aromatic carbocycles. The lowest BCUT2D eigenvalue weighted by Gasteiger charge is -2.12. The Morgan fingerprint density at radius 3 is 2.62 bits per heavy atom. The van der Waals surface area contributed by atoms with Crippen LogP contribution in [0, 0.1) is 19.3 Å². The fraction of sp³-hybridized carbons (Fsp3) is 0.167. The number of sulfonamides is 1. The molecule has 0 aliphatic rings. The summed E-state index contributed by atoms with van der Waals surface area (Å²) in [7, 11) is -2.28. The molecular formula is C18H17BrN2O4S. The topological polar surface area (TPSA) is 77.0 Å². The summed E-state index contributed by atoms with van der Waals surface area (Å²) >= 11 is 3.35. The maximum Gasteiger partial charge on any atom is 0.276 e. The minimum absolute atomic E-state index is 0.0356. The van der Waals surface area contributed by atoms with E-state index >= 15 is 0 Å². The highest BCUT2D eigenvalue weighted by molar-refractivity contribution is 9.10. The highest BCUT2D eigenvalue weighted by atomic mass is 79.9. The SMILES string of the molecule is C#CCOc1c(/C=N\NS(=O)(=O)c2ccc(C)cc2)cc(Br)cc1OC. The summed E-state index contributed by atoms with van der Waals surface area (Å²) in [6.45, 7) is 1.91. The van der Waals surface area contributed by atoms with E-state index in [0.29, 0.717) is 21.5 Å². The average Bonchev–Trinajstić information content (AvgIpc) is 2.60. The van der Waals surface area contributed by atoms with Gasteiger partial charge in [0, 0.05) is 10.0 Å². The molecule has 0 saturated carbocycles. The van der Waals surface area contributed by atoms with Gasteiger partial charge in [0.1, 0.15) is 6.61 Å². The molecule has 0 aromatic heterocycles. The molecule has 2 rings (SSSR count). The van der Waals surface area contributed by atoms with Gasteiger partial charge in [0.2, 0.25) is 0 Å². The molecule has 2 aromatic rings. The number of methoxy groups -OCH3 is 1. The second-order valence-corrected chi connectivity index (χ2v) is 7.76. The maximum absolute atomic E-state index is 12.3. The van der Waals surface area contributed by atoms with E-state index in [0.717, 1.165) is 5.56 Å². The van der Waals surface area contributed by atoms with Crippen molar-refractivity contribution in [1.29, 1.82) is 0 Å². The number of nitrogens with one attached hydrogen (secondary N) is 1. The van der Waals surface area contributed by atoms with Crippen molar-refractivity contribution in [2.24, 2.45) is 5.10 Å². The van der Waals surface area contributed by atoms with Crippen LogP contribution in [0.4, 0.5) is 0 Å². The minimum atomic E-state index is -3.77. The summed E-state index contributed by atoms with van der Waals surface area (Å²) in [4.78, 5) is 2.29. The van der Waals surface area contributed by atoms with Gasteiger partial charge in [-0.15, -0.1) is 6.42 Å². The highest BCUT2D eigenvalue weighted by Crippen LogP contribution is 2.34. The van der Waals surface area contributed by atoms with E-state index in [1.165, 1.54) is 25.5 Å². The van der Waals surface area contributed by atoms with Crippen LogP contribution in [0.15, 0.2) is 50.9 Å². The Labute approximate surface area is 161 Å². The molecule has 0 atom stereocenters. The first-order chi connectivity index (χ1) is 12.4. The number of nitrogens with zero attached hydrogens (tertiary/aromatic N) is 1. The third-order valence-electron chi connectivity index (χ3n) is 3.28. The summed E-state index contributed by atoms with van der Waals surface area (Å²) < 4.78 is 36.0. The van der Waals surface area contributed by atoms with Gasteiger partial charge in [-0.05, 0) is 31.2 Å². The smallest absolute Gasteiger partial charge is 0.276 e. The third kappa shape index (κ3) is 5.00. The molecule has 0 fully saturated rings. The monoisotopic (exact) mass is 436 g/mol. The van der Waals surface area contributed by atoms with E-state index in [2.05, 4.69) is 31.8 Å². The Kier molecular flexibility index (Phi) is 6.66. The van der Waals surface area contributed by atoms with Gasteiger partial charge in [0.15, 0.2) is 11.5 Å². The summed E-state index contributed by atoms with van der Waals surface area (Å²) in [6.07, 6.45) is 6.55. The maximum atomic E-state index is 12.3. The Bertz CT molecular complexity index is 948. The molecule has 26 heavy (non-hydrogen) atoms. The molecule has 6 nitrogen and oxygen atoms in total. The zero-order valence-electron chi connectivity index (χ0n) is 14.2. The van der Waals surface area contributed by atoms with Crippen LogP contribution in [-0.4, -0.2) is 28.3 Å². The Hall–Kier alpha value is -2.50. The van der Waals surface area contributed by atoms with Crippen LogP contribution < -0.4 is 14.3 Å². The van der Waals surface area contributed by atoms with Crippen LogP contribution in [0.1, 0.15) is 11.1 Å². The lowest BCUT2D eigenvalue weighted by atomic mass is 10.2. The Balaban J connectivity index is 2.28. The van der Waals surface area contributed by atoms with Crippen molar-refractivity contribution < 1.29 is 17.9 Å². The van der Waals surface area contributed by atoms with Crippen molar-refractivity contribution in [1.82, 2.24) is 4.83 Å². The van der Waals surface area contributed by atoms with E-state index in [4.69, 9.17) is 15.9 Å². The number of hydrazone groups is 1. The van der Waals surface area contributed by atoms with E-state index in [-0.39, 0.29) is 11.5 Å². The van der Waals surface area contributed by atoms with Crippen LogP contribution in [0.3, 0.4) is 0 Å². The fourth-order valence-corrected chi connectivity index (χ4v) is 3.29. The number of benzene rings is 2. The highest BCUT2D eigenvalue weighted by Gasteiger charge is 2.14. The number of hydrogen-bond donors (Lipinski definition) is 1. The Morgan fingerprint density at radius 1 is 1.31 bits per heavy atom. The number of rotatable bonds is 7. The second-order valence-electron chi connectivity index (χ2n) is 5.19. The number of hydrogen-bond acceptors (Lipinski definition) is 5. The molecule has 0 amide bonds. The molecule has 0 bridgehead atoms. The van der Waals surface area contributed by atoms with Crippen molar-refractivity contribution >= 4 is 32.2 Å². The first-order valence-corrected chi connectivity index (χ1v) is 9.70. The average molecular weight is 437 g/mol. The van der Waals surface area contributed by atoms with E-state index in [1.807, 2.05) is 6.92 Å². The van der Waals surface area contributed by atoms with Gasteiger partial charge in [-0.2, -0.15) is 13.5 Å². The molecule has 1 N–H and O–H groups in total. The van der Waals surface area contributed by atoms with Crippen LogP contribution in [0.25, 0.3) is 0 Å². The number of aryl methyl sites for hydroxylation is 1. The number of halogens is 1. The summed E-state index contributed by atoms with van der Waals surface area (Å²) in [5, 5.41) is 3.83. The van der Waals surface area contributed by atoms with Crippen molar-refractivity contribution in [3.8, 4) is 23.8 Å². The van der Waals surface area contributed by atoms with Gasteiger partial charge in [0.05, 0.1) is 18.2 Å². The van der Waals surface area contributed by atoms with E-state index in [9.17, 15) is 8.42 Å². The molecule has 8 heteroatoms. The quantitative estimate of drug-likeness (QED) is 0.410. The van der Waals surface area contributed by atoms with Gasteiger partial charge in [-0.25, -0.2) is 4.83 Å². The van der Waals surface area contributed by atoms with Crippen molar-refractivity contribution in [3.63, 3.8) is 0 Å². The van der Waals surface area contributed by atoms with Crippen LogP contribution in [0.2, 0.25) is 0 Å². The first-order valence-electron chi connectivity index (χ1n) is 7.42. The first kappa shape index (κ1) is 19.8. The van der Waals surface area contributed by atoms with Gasteiger partial charge in [-0.1, -0.05) is 39.5 Å². The minimum Gasteiger partial charge on any atom is -0.493 e. The fourth-order valence-electron chi connectivity index (χ4n) is 2.04.